The molecule has 158 valence electrons. The van der Waals surface area contributed by atoms with E-state index in [-0.39, 0.29) is 18.2 Å². The molecule has 7 nitrogen and oxygen atoms in total. The Hall–Kier alpha value is -3.13. The van der Waals surface area contributed by atoms with Gasteiger partial charge in [0.15, 0.2) is 0 Å². The number of anilines is 5. The van der Waals surface area contributed by atoms with Crippen LogP contribution >= 0.6 is 12.4 Å². The SMILES string of the molecule is CCOc1ccc(Nc2nc(Nc3ccc(F)cc3)nc(N3CCCC3)n2)cc1.Cl. The normalized spacial score (nSPS) is 12.9. The van der Waals surface area contributed by atoms with Gasteiger partial charge in [0.2, 0.25) is 17.8 Å². The Kier molecular flexibility index (Phi) is 7.24. The number of aromatic nitrogens is 3. The van der Waals surface area contributed by atoms with Gasteiger partial charge in [-0.1, -0.05) is 0 Å². The zero-order valence-electron chi connectivity index (χ0n) is 16.6. The van der Waals surface area contributed by atoms with Crippen molar-refractivity contribution in [2.24, 2.45) is 0 Å². The standard InChI is InChI=1S/C21H23FN6O.ClH/c1-2-29-18-11-9-17(10-12-18)24-20-25-19(23-16-7-5-15(22)6-8-16)26-21(27-20)28-13-3-4-14-28;/h5-12H,2-4,13-14H2,1H3,(H2,23,24,25,26,27);1H. The molecule has 2 aromatic carbocycles. The molecule has 3 aromatic rings. The van der Waals surface area contributed by atoms with Crippen LogP contribution in [0.1, 0.15) is 19.8 Å². The Morgan fingerprint density at radius 1 is 0.867 bits per heavy atom. The quantitative estimate of drug-likeness (QED) is 0.551. The van der Waals surface area contributed by atoms with Gasteiger partial charge in [-0.2, -0.15) is 15.0 Å². The molecule has 1 aliphatic heterocycles. The number of hydrogen-bond acceptors (Lipinski definition) is 7. The number of hydrogen-bond donors (Lipinski definition) is 2. The van der Waals surface area contributed by atoms with E-state index in [0.29, 0.717) is 30.1 Å². The summed E-state index contributed by atoms with van der Waals surface area (Å²) in [6.45, 7) is 4.41. The lowest BCUT2D eigenvalue weighted by Crippen LogP contribution is -2.21. The van der Waals surface area contributed by atoms with Gasteiger partial charge in [-0.25, -0.2) is 4.39 Å². The maximum atomic E-state index is 13.2. The van der Waals surface area contributed by atoms with Gasteiger partial charge < -0.3 is 20.3 Å². The van der Waals surface area contributed by atoms with Crippen molar-refractivity contribution < 1.29 is 9.13 Å². The van der Waals surface area contributed by atoms with Crippen molar-refractivity contribution in [1.82, 2.24) is 15.0 Å². The molecule has 0 atom stereocenters. The fraction of sp³-hybridized carbons (Fsp3) is 0.286. The average Bonchev–Trinajstić information content (AvgIpc) is 3.26. The molecular formula is C21H24ClFN6O. The monoisotopic (exact) mass is 430 g/mol. The fourth-order valence-corrected chi connectivity index (χ4v) is 3.13. The van der Waals surface area contributed by atoms with Crippen LogP contribution in [0.15, 0.2) is 48.5 Å². The van der Waals surface area contributed by atoms with E-state index in [0.717, 1.165) is 37.4 Å². The smallest absolute Gasteiger partial charge is 0.233 e. The van der Waals surface area contributed by atoms with E-state index in [9.17, 15) is 4.39 Å². The molecule has 0 amide bonds. The van der Waals surface area contributed by atoms with Crippen molar-refractivity contribution >= 4 is 41.6 Å². The van der Waals surface area contributed by atoms with Crippen LogP contribution in [0, 0.1) is 5.82 Å². The highest BCUT2D eigenvalue weighted by Crippen LogP contribution is 2.23. The van der Waals surface area contributed by atoms with E-state index in [4.69, 9.17) is 4.74 Å². The fourth-order valence-electron chi connectivity index (χ4n) is 3.13. The van der Waals surface area contributed by atoms with Gasteiger partial charge in [-0.3, -0.25) is 0 Å². The third kappa shape index (κ3) is 5.48. The van der Waals surface area contributed by atoms with Gasteiger partial charge in [0.25, 0.3) is 0 Å². The first-order chi connectivity index (χ1) is 14.2. The molecule has 1 saturated heterocycles. The predicted octanol–water partition coefficient (Wildman–Crippen LogP) is 4.92. The van der Waals surface area contributed by atoms with Crippen molar-refractivity contribution in [3.8, 4) is 5.75 Å². The largest absolute Gasteiger partial charge is 0.494 e. The summed E-state index contributed by atoms with van der Waals surface area (Å²) in [5.74, 6) is 1.99. The number of nitrogens with zero attached hydrogens (tertiary/aromatic N) is 4. The lowest BCUT2D eigenvalue weighted by molar-refractivity contribution is 0.340. The predicted molar refractivity (Wildman–Crippen MR) is 119 cm³/mol. The maximum absolute atomic E-state index is 13.2. The molecule has 0 saturated carbocycles. The molecule has 0 radical (unpaired) electrons. The second kappa shape index (κ2) is 10.1. The van der Waals surface area contributed by atoms with Crippen LogP contribution in [-0.4, -0.2) is 34.6 Å². The molecule has 30 heavy (non-hydrogen) atoms. The van der Waals surface area contributed by atoms with Gasteiger partial charge in [-0.05, 0) is 68.3 Å². The lowest BCUT2D eigenvalue weighted by Gasteiger charge is -2.17. The first kappa shape index (κ1) is 21.6. The number of rotatable bonds is 7. The van der Waals surface area contributed by atoms with Crippen LogP contribution in [0.2, 0.25) is 0 Å². The summed E-state index contributed by atoms with van der Waals surface area (Å²) in [4.78, 5) is 15.8. The van der Waals surface area contributed by atoms with Gasteiger partial charge in [0.05, 0.1) is 6.61 Å². The topological polar surface area (TPSA) is 75.2 Å². The second-order valence-corrected chi connectivity index (χ2v) is 6.69. The zero-order chi connectivity index (χ0) is 20.1. The molecule has 2 N–H and O–H groups in total. The van der Waals surface area contributed by atoms with Crippen molar-refractivity contribution in [2.75, 3.05) is 35.2 Å². The van der Waals surface area contributed by atoms with Crippen molar-refractivity contribution in [1.29, 1.82) is 0 Å². The summed E-state index contributed by atoms with van der Waals surface area (Å²) >= 11 is 0. The summed E-state index contributed by atoms with van der Waals surface area (Å²) in [6, 6.07) is 13.7. The Balaban J connectivity index is 0.00000256. The lowest BCUT2D eigenvalue weighted by atomic mass is 10.3. The summed E-state index contributed by atoms with van der Waals surface area (Å²) in [7, 11) is 0. The van der Waals surface area contributed by atoms with E-state index in [1.807, 2.05) is 31.2 Å². The highest BCUT2D eigenvalue weighted by Gasteiger charge is 2.17. The first-order valence-electron chi connectivity index (χ1n) is 9.73. The van der Waals surface area contributed by atoms with Crippen LogP contribution in [0.5, 0.6) is 5.75 Å². The van der Waals surface area contributed by atoms with Gasteiger partial charge >= 0.3 is 0 Å². The Labute approximate surface area is 181 Å². The molecule has 1 aliphatic rings. The Bertz CT molecular complexity index is 949. The van der Waals surface area contributed by atoms with Crippen LogP contribution in [0.4, 0.5) is 33.6 Å². The number of halogens is 2. The third-order valence-electron chi connectivity index (χ3n) is 4.53. The van der Waals surface area contributed by atoms with E-state index in [2.05, 4.69) is 30.5 Å². The molecule has 9 heteroatoms. The zero-order valence-corrected chi connectivity index (χ0v) is 17.5. The molecule has 1 fully saturated rings. The minimum Gasteiger partial charge on any atom is -0.494 e. The minimum absolute atomic E-state index is 0. The van der Waals surface area contributed by atoms with Crippen molar-refractivity contribution in [3.63, 3.8) is 0 Å². The summed E-state index contributed by atoms with van der Waals surface area (Å²) in [6.07, 6.45) is 2.24. The van der Waals surface area contributed by atoms with E-state index in [1.54, 1.807) is 12.1 Å². The third-order valence-corrected chi connectivity index (χ3v) is 4.53. The highest BCUT2D eigenvalue weighted by atomic mass is 35.5. The summed E-state index contributed by atoms with van der Waals surface area (Å²) < 4.78 is 18.7. The van der Waals surface area contributed by atoms with E-state index < -0.39 is 0 Å². The molecule has 0 spiro atoms. The number of nitrogens with one attached hydrogen (secondary N) is 2. The minimum atomic E-state index is -0.290. The number of ether oxygens (including phenoxy) is 1. The van der Waals surface area contributed by atoms with E-state index in [1.165, 1.54) is 12.1 Å². The van der Waals surface area contributed by atoms with Gasteiger partial charge in [0.1, 0.15) is 11.6 Å². The molecule has 2 heterocycles. The van der Waals surface area contributed by atoms with Crippen LogP contribution < -0.4 is 20.3 Å². The van der Waals surface area contributed by atoms with Crippen LogP contribution in [0.3, 0.4) is 0 Å². The van der Waals surface area contributed by atoms with E-state index >= 15 is 0 Å². The molecule has 4 rings (SSSR count). The molecular weight excluding hydrogens is 407 g/mol. The van der Waals surface area contributed by atoms with Gasteiger partial charge in [0, 0.05) is 24.5 Å². The highest BCUT2D eigenvalue weighted by molar-refractivity contribution is 5.85. The molecule has 0 unspecified atom stereocenters. The first-order valence-corrected chi connectivity index (χ1v) is 9.73. The second-order valence-electron chi connectivity index (χ2n) is 6.69. The summed E-state index contributed by atoms with van der Waals surface area (Å²) in [5.41, 5.74) is 1.55. The van der Waals surface area contributed by atoms with Crippen LogP contribution in [0.25, 0.3) is 0 Å². The number of benzene rings is 2. The van der Waals surface area contributed by atoms with Gasteiger partial charge in [-0.15, -0.1) is 12.4 Å². The Morgan fingerprint density at radius 3 is 1.93 bits per heavy atom. The molecule has 0 bridgehead atoms. The average molecular weight is 431 g/mol. The maximum Gasteiger partial charge on any atom is 0.233 e. The van der Waals surface area contributed by atoms with Crippen molar-refractivity contribution in [2.45, 2.75) is 19.8 Å². The summed E-state index contributed by atoms with van der Waals surface area (Å²) in [5, 5.41) is 6.36. The Morgan fingerprint density at radius 2 is 1.40 bits per heavy atom. The van der Waals surface area contributed by atoms with Crippen LogP contribution in [-0.2, 0) is 0 Å². The molecule has 0 aliphatic carbocycles. The molecule has 1 aromatic heterocycles. The van der Waals surface area contributed by atoms with Crippen molar-refractivity contribution in [3.05, 3.63) is 54.3 Å².